The van der Waals surface area contributed by atoms with Crippen molar-refractivity contribution in [1.29, 1.82) is 0 Å². The standard InChI is InChI=1S/C25H27F4N3O6S.C18H21F3IN3O5S/c1-24(2,3)38-23(34)32(39(35,36)20-11-7-18(8-12-20)25(27,28)29)14-17-13-31(15-37-4)30-21(17)22(33)16-5-9-19(26)10-6-16;1-17(2,3)30-16(26)25(10-12-9-24(11-29-4)23-15(12)22)31(27,28)14-7-5-13(6-8-14)18(19,20)21/h5-13,22,33H,14-15H2,1-4H3;5-9H,10-11H2,1-4H3. The average Bonchev–Trinajstić information content (AvgIpc) is 3.81. The molecule has 2 amide bonds. The molecule has 0 bridgehead atoms. The second-order valence-electron chi connectivity index (χ2n) is 16.9. The maximum absolute atomic E-state index is 13.5. The molecule has 1 atom stereocenters. The van der Waals surface area contributed by atoms with Crippen molar-refractivity contribution in [3.8, 4) is 0 Å². The number of benzene rings is 3. The summed E-state index contributed by atoms with van der Waals surface area (Å²) in [6.45, 7) is 8.10. The molecule has 27 heteroatoms. The van der Waals surface area contributed by atoms with Gasteiger partial charge in [-0.25, -0.2) is 40.2 Å². The number of carbonyl (C=O) groups is 2. The van der Waals surface area contributed by atoms with Crippen molar-refractivity contribution in [2.45, 2.75) is 108 Å². The number of amides is 2. The van der Waals surface area contributed by atoms with Gasteiger partial charge >= 0.3 is 24.5 Å². The lowest BCUT2D eigenvalue weighted by Gasteiger charge is -2.27. The van der Waals surface area contributed by atoms with Gasteiger partial charge in [0, 0.05) is 37.7 Å². The van der Waals surface area contributed by atoms with Gasteiger partial charge in [0.15, 0.2) is 0 Å². The van der Waals surface area contributed by atoms with E-state index in [0.29, 0.717) is 42.1 Å². The molecule has 5 aromatic rings. The molecular formula is C43H48F7IN6O11S2. The van der Waals surface area contributed by atoms with E-state index in [0.717, 1.165) is 36.4 Å². The first-order chi connectivity index (χ1) is 32.2. The molecule has 1 unspecified atom stereocenters. The molecule has 2 heterocycles. The molecule has 3 aromatic carbocycles. The third-order valence-corrected chi connectivity index (χ3v) is 13.3. The maximum Gasteiger partial charge on any atom is 0.424 e. The Morgan fingerprint density at radius 2 is 1.01 bits per heavy atom. The molecule has 5 rings (SSSR count). The molecule has 0 fully saturated rings. The molecule has 0 radical (unpaired) electrons. The SMILES string of the molecule is COCn1cc(CN(C(=O)OC(C)(C)C)S(=O)(=O)c2ccc(C(F)(F)F)cc2)c(C(O)c2ccc(F)cc2)n1.COCn1cc(CN(C(=O)OC(C)(C)C)S(=O)(=O)c2ccc(C(F)(F)F)cc2)c(I)n1. The van der Waals surface area contributed by atoms with Gasteiger partial charge in [0.25, 0.3) is 20.0 Å². The molecule has 17 nitrogen and oxygen atoms in total. The highest BCUT2D eigenvalue weighted by molar-refractivity contribution is 14.1. The third kappa shape index (κ3) is 15.3. The van der Waals surface area contributed by atoms with Gasteiger partial charge in [0.05, 0.1) is 34.0 Å². The Morgan fingerprint density at radius 3 is 1.39 bits per heavy atom. The van der Waals surface area contributed by atoms with E-state index in [1.165, 1.54) is 68.9 Å². The number of alkyl halides is 6. The van der Waals surface area contributed by atoms with Crippen LogP contribution in [0.4, 0.5) is 40.3 Å². The molecular weight excluding hydrogens is 1100 g/mol. The van der Waals surface area contributed by atoms with Gasteiger partial charge in [-0.2, -0.15) is 45.2 Å². The lowest BCUT2D eigenvalue weighted by Crippen LogP contribution is -2.40. The van der Waals surface area contributed by atoms with E-state index < -0.39 is 102 Å². The lowest BCUT2D eigenvalue weighted by molar-refractivity contribution is -0.138. The van der Waals surface area contributed by atoms with Crippen LogP contribution in [0.25, 0.3) is 0 Å². The van der Waals surface area contributed by atoms with Crippen LogP contribution < -0.4 is 0 Å². The van der Waals surface area contributed by atoms with E-state index in [2.05, 4.69) is 10.2 Å². The van der Waals surface area contributed by atoms with Crippen LogP contribution in [0.15, 0.2) is 95.0 Å². The fourth-order valence-corrected chi connectivity index (χ4v) is 9.03. The van der Waals surface area contributed by atoms with Gasteiger partial charge in [-0.3, -0.25) is 0 Å². The number of halogens is 8. The quantitative estimate of drug-likeness (QED) is 0.0816. The van der Waals surface area contributed by atoms with Crippen LogP contribution in [-0.4, -0.2) is 87.7 Å². The second-order valence-corrected chi connectivity index (χ2v) is 21.6. The molecule has 2 aromatic heterocycles. The monoisotopic (exact) mass is 1150 g/mol. The van der Waals surface area contributed by atoms with Crippen LogP contribution in [0.5, 0.6) is 0 Å². The number of aliphatic hydroxyl groups is 1. The van der Waals surface area contributed by atoms with Crippen molar-refractivity contribution in [3.63, 3.8) is 0 Å². The van der Waals surface area contributed by atoms with Crippen molar-refractivity contribution < 1.29 is 81.2 Å². The minimum Gasteiger partial charge on any atom is -0.443 e. The van der Waals surface area contributed by atoms with Crippen molar-refractivity contribution in [1.82, 2.24) is 28.2 Å². The highest BCUT2D eigenvalue weighted by Crippen LogP contribution is 2.34. The molecule has 0 saturated heterocycles. The number of hydrogen-bond donors (Lipinski definition) is 1. The normalized spacial score (nSPS) is 13.0. The molecule has 70 heavy (non-hydrogen) atoms. The fourth-order valence-electron chi connectivity index (χ4n) is 5.89. The third-order valence-electron chi connectivity index (χ3n) is 8.99. The Hall–Kier alpha value is -5.36. The van der Waals surface area contributed by atoms with E-state index in [-0.39, 0.29) is 30.3 Å². The number of aliphatic hydroxyl groups excluding tert-OH is 1. The summed E-state index contributed by atoms with van der Waals surface area (Å²) in [7, 11) is -6.46. The summed E-state index contributed by atoms with van der Waals surface area (Å²) >= 11 is 1.88. The Bertz CT molecular complexity index is 2810. The van der Waals surface area contributed by atoms with Crippen LogP contribution in [0.2, 0.25) is 0 Å². The number of hydrogen-bond acceptors (Lipinski definition) is 13. The van der Waals surface area contributed by atoms with Crippen LogP contribution in [0.3, 0.4) is 0 Å². The van der Waals surface area contributed by atoms with Crippen molar-refractivity contribution in [2.75, 3.05) is 14.2 Å². The largest absolute Gasteiger partial charge is 0.443 e. The van der Waals surface area contributed by atoms with Crippen LogP contribution in [-0.2, 0) is 77.9 Å². The van der Waals surface area contributed by atoms with E-state index in [1.807, 2.05) is 22.6 Å². The van der Waals surface area contributed by atoms with Crippen LogP contribution in [0, 0.1) is 9.52 Å². The molecule has 0 saturated carbocycles. The molecule has 0 spiro atoms. The number of sulfonamides is 2. The number of aromatic nitrogens is 4. The first kappa shape index (κ1) is 57.2. The number of rotatable bonds is 14. The zero-order chi connectivity index (χ0) is 52.8. The smallest absolute Gasteiger partial charge is 0.424 e. The van der Waals surface area contributed by atoms with Gasteiger partial charge in [0.2, 0.25) is 0 Å². The molecule has 0 aliphatic carbocycles. The zero-order valence-corrected chi connectivity index (χ0v) is 42.3. The number of nitrogens with zero attached hydrogens (tertiary/aromatic N) is 6. The molecule has 0 aliphatic rings. The first-order valence-electron chi connectivity index (χ1n) is 20.2. The molecule has 1 N–H and O–H groups in total. The van der Waals surface area contributed by atoms with Crippen molar-refractivity contribution in [2.24, 2.45) is 0 Å². The molecule has 384 valence electrons. The Kier molecular flexibility index (Phi) is 18.3. The minimum atomic E-state index is -4.76. The Balaban J connectivity index is 0.000000313. The summed E-state index contributed by atoms with van der Waals surface area (Å²) in [5, 5.41) is 19.4. The number of methoxy groups -OCH3 is 2. The average molecular weight is 1150 g/mol. The van der Waals surface area contributed by atoms with Gasteiger partial charge in [-0.1, -0.05) is 12.1 Å². The highest BCUT2D eigenvalue weighted by Gasteiger charge is 2.38. The van der Waals surface area contributed by atoms with Gasteiger partial charge < -0.3 is 24.1 Å². The van der Waals surface area contributed by atoms with Crippen LogP contribution >= 0.6 is 22.6 Å². The van der Waals surface area contributed by atoms with E-state index in [4.69, 9.17) is 18.9 Å². The predicted molar refractivity (Wildman–Crippen MR) is 242 cm³/mol. The summed E-state index contributed by atoms with van der Waals surface area (Å²) < 4.78 is 169. The second kappa shape index (κ2) is 22.4. The summed E-state index contributed by atoms with van der Waals surface area (Å²) in [5.74, 6) is -0.546. The first-order valence-corrected chi connectivity index (χ1v) is 24.2. The van der Waals surface area contributed by atoms with Crippen molar-refractivity contribution >= 4 is 54.8 Å². The lowest BCUT2D eigenvalue weighted by atomic mass is 10.0. The van der Waals surface area contributed by atoms with Gasteiger partial charge in [0.1, 0.15) is 46.0 Å². The number of carbonyl (C=O) groups excluding carboxylic acids is 2. The van der Waals surface area contributed by atoms with Gasteiger partial charge in [-0.05, 0) is 130 Å². The van der Waals surface area contributed by atoms with Crippen LogP contribution in [0.1, 0.15) is 81.2 Å². The summed E-state index contributed by atoms with van der Waals surface area (Å²) in [6, 6.07) is 10.4. The van der Waals surface area contributed by atoms with E-state index in [9.17, 15) is 62.3 Å². The number of ether oxygens (including phenoxy) is 4. The topological polar surface area (TPSA) is 202 Å². The van der Waals surface area contributed by atoms with E-state index >= 15 is 0 Å². The van der Waals surface area contributed by atoms with E-state index in [1.54, 1.807) is 20.8 Å². The molecule has 0 aliphatic heterocycles. The fraction of sp³-hybridized carbons (Fsp3) is 0.395. The highest BCUT2D eigenvalue weighted by atomic mass is 127. The summed E-state index contributed by atoms with van der Waals surface area (Å²) in [4.78, 5) is 24.8. The minimum absolute atomic E-state index is 0.0603. The predicted octanol–water partition coefficient (Wildman–Crippen LogP) is 9.09. The van der Waals surface area contributed by atoms with Gasteiger partial charge in [-0.15, -0.1) is 0 Å². The summed E-state index contributed by atoms with van der Waals surface area (Å²) in [5.41, 5.74) is -3.59. The summed E-state index contributed by atoms with van der Waals surface area (Å²) in [6.07, 6.45) is -10.4. The maximum atomic E-state index is 13.5. The zero-order valence-electron chi connectivity index (χ0n) is 38.5. The Labute approximate surface area is 412 Å². The van der Waals surface area contributed by atoms with Crippen molar-refractivity contribution in [3.05, 3.63) is 128 Å². The Morgan fingerprint density at radius 1 is 0.643 bits per heavy atom.